The molecule has 0 aliphatic rings. The van der Waals surface area contributed by atoms with Gasteiger partial charge in [-0.05, 0) is 56.9 Å². The monoisotopic (exact) mass is 365 g/mol. The van der Waals surface area contributed by atoms with Crippen molar-refractivity contribution < 1.29 is 5.11 Å². The van der Waals surface area contributed by atoms with Gasteiger partial charge in [-0.2, -0.15) is 0 Å². The molecule has 0 atom stereocenters. The predicted octanol–water partition coefficient (Wildman–Crippen LogP) is 2.99. The minimum atomic E-state index is 0.285. The van der Waals surface area contributed by atoms with Crippen LogP contribution in [0.3, 0.4) is 0 Å². The Morgan fingerprint density at radius 2 is 1.74 bits per heavy atom. The summed E-state index contributed by atoms with van der Waals surface area (Å²) in [5, 5.41) is 17.1. The number of para-hydroxylation sites is 1. The van der Waals surface area contributed by atoms with Crippen molar-refractivity contribution in [3.05, 3.63) is 59.9 Å². The highest BCUT2D eigenvalue weighted by Gasteiger charge is 2.10. The van der Waals surface area contributed by atoms with Gasteiger partial charge in [0.2, 0.25) is 0 Å². The van der Waals surface area contributed by atoms with Crippen molar-refractivity contribution in [2.45, 2.75) is 19.5 Å². The molecular formula is C21H27N5O. The minimum Gasteiger partial charge on any atom is -0.508 e. The Bertz CT molecular complexity index is 866. The first-order valence-corrected chi connectivity index (χ1v) is 9.26. The molecule has 27 heavy (non-hydrogen) atoms. The van der Waals surface area contributed by atoms with E-state index >= 15 is 0 Å². The van der Waals surface area contributed by atoms with Gasteiger partial charge in [0.1, 0.15) is 17.4 Å². The lowest BCUT2D eigenvalue weighted by atomic mass is 10.2. The number of aromatic nitrogens is 2. The Hall–Kier alpha value is -2.70. The van der Waals surface area contributed by atoms with E-state index in [4.69, 9.17) is 9.97 Å². The van der Waals surface area contributed by atoms with Crippen LogP contribution >= 0.6 is 0 Å². The number of hydrogen-bond donors (Lipinski definition) is 3. The molecule has 0 aliphatic carbocycles. The van der Waals surface area contributed by atoms with Crippen LogP contribution < -0.4 is 10.6 Å². The molecule has 3 N–H and O–H groups in total. The molecule has 2 aromatic carbocycles. The lowest BCUT2D eigenvalue weighted by Gasteiger charge is -2.17. The Kier molecular flexibility index (Phi) is 6.57. The molecule has 6 nitrogen and oxygen atoms in total. The summed E-state index contributed by atoms with van der Waals surface area (Å²) in [5.74, 6) is 1.98. The van der Waals surface area contributed by atoms with Crippen LogP contribution in [0.25, 0.3) is 10.9 Å². The first-order chi connectivity index (χ1) is 13.2. The van der Waals surface area contributed by atoms with E-state index in [2.05, 4.69) is 21.6 Å². The number of aromatic hydroxyl groups is 1. The first kappa shape index (κ1) is 19.1. The largest absolute Gasteiger partial charge is 0.508 e. The average molecular weight is 365 g/mol. The van der Waals surface area contributed by atoms with Crippen molar-refractivity contribution in [2.75, 3.05) is 32.5 Å². The predicted molar refractivity (Wildman–Crippen MR) is 110 cm³/mol. The normalized spacial score (nSPS) is 11.2. The van der Waals surface area contributed by atoms with Crippen LogP contribution in [-0.2, 0) is 13.1 Å². The van der Waals surface area contributed by atoms with Crippen molar-refractivity contribution >= 4 is 16.7 Å². The van der Waals surface area contributed by atoms with E-state index in [9.17, 15) is 5.11 Å². The molecule has 0 spiro atoms. The summed E-state index contributed by atoms with van der Waals surface area (Å²) in [7, 11) is 4.01. The molecule has 0 saturated heterocycles. The van der Waals surface area contributed by atoms with Gasteiger partial charge in [0.25, 0.3) is 0 Å². The standard InChI is InChI=1S/C21H27N5O/c1-22-12-5-13-23-21-18-6-3-4-7-19(18)24-20(25-21)15-26(2)14-16-8-10-17(27)11-9-16/h3-4,6-11,22,27H,5,12-15H2,1-2H3,(H,23,24,25). The van der Waals surface area contributed by atoms with Gasteiger partial charge in [-0.25, -0.2) is 9.97 Å². The third kappa shape index (κ3) is 5.39. The molecule has 0 unspecified atom stereocenters. The number of benzene rings is 2. The molecular weight excluding hydrogens is 338 g/mol. The van der Waals surface area contributed by atoms with Crippen LogP contribution in [0.15, 0.2) is 48.5 Å². The Balaban J connectivity index is 1.73. The van der Waals surface area contributed by atoms with Crippen molar-refractivity contribution in [2.24, 2.45) is 0 Å². The Labute approximate surface area is 160 Å². The number of phenols is 1. The van der Waals surface area contributed by atoms with Crippen LogP contribution in [0, 0.1) is 0 Å². The molecule has 3 rings (SSSR count). The minimum absolute atomic E-state index is 0.285. The summed E-state index contributed by atoms with van der Waals surface area (Å²) in [5.41, 5.74) is 2.10. The van der Waals surface area contributed by atoms with E-state index in [1.807, 2.05) is 44.4 Å². The molecule has 142 valence electrons. The zero-order chi connectivity index (χ0) is 19.1. The Morgan fingerprint density at radius 1 is 0.963 bits per heavy atom. The van der Waals surface area contributed by atoms with Crippen LogP contribution in [-0.4, -0.2) is 47.2 Å². The van der Waals surface area contributed by atoms with Gasteiger partial charge >= 0.3 is 0 Å². The Morgan fingerprint density at radius 3 is 2.52 bits per heavy atom. The second kappa shape index (κ2) is 9.30. The molecule has 6 heteroatoms. The molecule has 1 heterocycles. The van der Waals surface area contributed by atoms with Gasteiger partial charge in [-0.1, -0.05) is 24.3 Å². The number of rotatable bonds is 9. The van der Waals surface area contributed by atoms with Crippen molar-refractivity contribution in [1.82, 2.24) is 20.2 Å². The summed E-state index contributed by atoms with van der Waals surface area (Å²) in [6, 6.07) is 15.4. The molecule has 0 saturated carbocycles. The smallest absolute Gasteiger partial charge is 0.145 e. The van der Waals surface area contributed by atoms with Gasteiger partial charge in [-0.3, -0.25) is 4.90 Å². The topological polar surface area (TPSA) is 73.3 Å². The quantitative estimate of drug-likeness (QED) is 0.506. The molecule has 0 fully saturated rings. The van der Waals surface area contributed by atoms with Gasteiger partial charge in [-0.15, -0.1) is 0 Å². The van der Waals surface area contributed by atoms with Crippen molar-refractivity contribution in [3.8, 4) is 5.75 Å². The van der Waals surface area contributed by atoms with E-state index in [1.165, 1.54) is 0 Å². The fourth-order valence-electron chi connectivity index (χ4n) is 3.01. The maximum Gasteiger partial charge on any atom is 0.145 e. The van der Waals surface area contributed by atoms with Gasteiger partial charge in [0, 0.05) is 18.5 Å². The summed E-state index contributed by atoms with van der Waals surface area (Å²) < 4.78 is 0. The summed E-state index contributed by atoms with van der Waals surface area (Å²) in [4.78, 5) is 11.7. The van der Waals surface area contributed by atoms with E-state index in [-0.39, 0.29) is 5.75 Å². The zero-order valence-corrected chi connectivity index (χ0v) is 15.9. The zero-order valence-electron chi connectivity index (χ0n) is 15.9. The fourth-order valence-corrected chi connectivity index (χ4v) is 3.01. The second-order valence-electron chi connectivity index (χ2n) is 6.73. The lowest BCUT2D eigenvalue weighted by molar-refractivity contribution is 0.311. The number of fused-ring (bicyclic) bond motifs is 1. The second-order valence-corrected chi connectivity index (χ2v) is 6.73. The van der Waals surface area contributed by atoms with Crippen molar-refractivity contribution in [1.29, 1.82) is 0 Å². The third-order valence-electron chi connectivity index (χ3n) is 4.35. The maximum atomic E-state index is 9.42. The summed E-state index contributed by atoms with van der Waals surface area (Å²) >= 11 is 0. The molecule has 1 aromatic heterocycles. The highest BCUT2D eigenvalue weighted by Crippen LogP contribution is 2.21. The van der Waals surface area contributed by atoms with Gasteiger partial charge < -0.3 is 15.7 Å². The maximum absolute atomic E-state index is 9.42. The molecule has 3 aromatic rings. The number of nitrogens with one attached hydrogen (secondary N) is 2. The average Bonchev–Trinajstić information content (AvgIpc) is 2.67. The molecule has 0 bridgehead atoms. The number of anilines is 1. The number of nitrogens with zero attached hydrogens (tertiary/aromatic N) is 3. The number of phenolic OH excluding ortho intramolecular Hbond substituents is 1. The highest BCUT2D eigenvalue weighted by atomic mass is 16.3. The van der Waals surface area contributed by atoms with E-state index in [0.29, 0.717) is 6.54 Å². The van der Waals surface area contributed by atoms with Crippen LogP contribution in [0.5, 0.6) is 5.75 Å². The van der Waals surface area contributed by atoms with Crippen LogP contribution in [0.2, 0.25) is 0 Å². The van der Waals surface area contributed by atoms with Gasteiger partial charge in [0.15, 0.2) is 0 Å². The van der Waals surface area contributed by atoms with Gasteiger partial charge in [0.05, 0.1) is 12.1 Å². The van der Waals surface area contributed by atoms with Crippen LogP contribution in [0.1, 0.15) is 17.8 Å². The SMILES string of the molecule is CNCCCNc1nc(CN(C)Cc2ccc(O)cc2)nc2ccccc12. The van der Waals surface area contributed by atoms with E-state index < -0.39 is 0 Å². The van der Waals surface area contributed by atoms with Crippen LogP contribution in [0.4, 0.5) is 5.82 Å². The fraction of sp³-hybridized carbons (Fsp3) is 0.333. The highest BCUT2D eigenvalue weighted by molar-refractivity contribution is 5.88. The summed E-state index contributed by atoms with van der Waals surface area (Å²) in [6.45, 7) is 3.25. The summed E-state index contributed by atoms with van der Waals surface area (Å²) in [6.07, 6.45) is 1.03. The molecule has 0 amide bonds. The lowest BCUT2D eigenvalue weighted by Crippen LogP contribution is -2.20. The third-order valence-corrected chi connectivity index (χ3v) is 4.35. The van der Waals surface area contributed by atoms with E-state index in [0.717, 1.165) is 54.2 Å². The molecule has 0 aliphatic heterocycles. The molecule has 0 radical (unpaired) electrons. The van der Waals surface area contributed by atoms with E-state index in [1.54, 1.807) is 12.1 Å². The first-order valence-electron chi connectivity index (χ1n) is 9.26. The number of hydrogen-bond acceptors (Lipinski definition) is 6. The van der Waals surface area contributed by atoms with Crippen molar-refractivity contribution in [3.63, 3.8) is 0 Å².